The molecule has 1 aliphatic carbocycles. The minimum atomic E-state index is 0.271. The Balaban J connectivity index is 1.42. The number of ether oxygens (including phenoxy) is 2. The van der Waals surface area contributed by atoms with Gasteiger partial charge in [-0.2, -0.15) is 0 Å². The van der Waals surface area contributed by atoms with Crippen LogP contribution < -0.4 is 10.1 Å². The van der Waals surface area contributed by atoms with Crippen LogP contribution in [0.1, 0.15) is 37.2 Å². The number of aromatic amines is 1. The maximum Gasteiger partial charge on any atom is 0.143 e. The lowest BCUT2D eigenvalue weighted by atomic mass is 10.0. The molecular formula is C24H31N5O2. The quantitative estimate of drug-likeness (QED) is 0.543. The van der Waals surface area contributed by atoms with Gasteiger partial charge in [-0.15, -0.1) is 0 Å². The minimum absolute atomic E-state index is 0.271. The topological polar surface area (TPSA) is 75.3 Å². The summed E-state index contributed by atoms with van der Waals surface area (Å²) in [4.78, 5) is 14.8. The molecule has 0 bridgehead atoms. The molecule has 0 radical (unpaired) electrons. The molecule has 1 aliphatic heterocycles. The van der Waals surface area contributed by atoms with Crippen LogP contribution in [-0.2, 0) is 4.74 Å². The highest BCUT2D eigenvalue weighted by molar-refractivity contribution is 5.97. The highest BCUT2D eigenvalue weighted by Crippen LogP contribution is 2.49. The summed E-state index contributed by atoms with van der Waals surface area (Å²) in [7, 11) is 4.10. The van der Waals surface area contributed by atoms with Gasteiger partial charge in [-0.3, -0.25) is 0 Å². The predicted molar refractivity (Wildman–Crippen MR) is 123 cm³/mol. The third-order valence-electron chi connectivity index (χ3n) is 6.09. The van der Waals surface area contributed by atoms with Crippen LogP contribution in [0.2, 0.25) is 0 Å². The van der Waals surface area contributed by atoms with Crippen molar-refractivity contribution >= 4 is 16.9 Å². The number of H-pyrrole nitrogens is 1. The van der Waals surface area contributed by atoms with Crippen molar-refractivity contribution in [1.29, 1.82) is 0 Å². The van der Waals surface area contributed by atoms with Gasteiger partial charge in [0.2, 0.25) is 0 Å². The van der Waals surface area contributed by atoms with E-state index in [4.69, 9.17) is 9.47 Å². The Morgan fingerprint density at radius 1 is 1.16 bits per heavy atom. The zero-order valence-electron chi connectivity index (χ0n) is 18.4. The standard InChI is InChI=1S/C24H31N5O2/c1-29(2)11-13-31-18-9-7-17(8-10-18)22-20(16-5-6-16)21-23(26-15-27-24(21)28-22)25-14-19-4-3-12-30-19/h7-10,15-16,19H,3-6,11-14H2,1-2H3,(H2,25,26,27,28)/t19-/m0/s1. The van der Waals surface area contributed by atoms with Crippen molar-refractivity contribution in [2.45, 2.75) is 37.7 Å². The highest BCUT2D eigenvalue weighted by Gasteiger charge is 2.32. The Kier molecular flexibility index (Phi) is 5.78. The molecule has 164 valence electrons. The number of aromatic nitrogens is 3. The molecule has 7 heteroatoms. The number of nitrogens with zero attached hydrogens (tertiary/aromatic N) is 3. The third kappa shape index (κ3) is 4.52. The van der Waals surface area contributed by atoms with Gasteiger partial charge in [-0.25, -0.2) is 9.97 Å². The number of fused-ring (bicyclic) bond motifs is 1. The zero-order valence-corrected chi connectivity index (χ0v) is 18.4. The van der Waals surface area contributed by atoms with Gasteiger partial charge < -0.3 is 24.7 Å². The Labute approximate surface area is 183 Å². The molecule has 7 nitrogen and oxygen atoms in total. The van der Waals surface area contributed by atoms with Crippen LogP contribution >= 0.6 is 0 Å². The van der Waals surface area contributed by atoms with E-state index in [9.17, 15) is 0 Å². The molecule has 3 heterocycles. The van der Waals surface area contributed by atoms with E-state index in [0.717, 1.165) is 66.4 Å². The van der Waals surface area contributed by atoms with Gasteiger partial charge in [0.25, 0.3) is 0 Å². The predicted octanol–water partition coefficient (Wildman–Crippen LogP) is 4.03. The van der Waals surface area contributed by atoms with Crippen LogP contribution in [0.5, 0.6) is 5.75 Å². The SMILES string of the molecule is CN(C)CCOc1ccc(-c2[nH]c3ncnc(NC[C@@H]4CCCO4)c3c2C2CC2)cc1. The Bertz CT molecular complexity index is 1020. The van der Waals surface area contributed by atoms with Crippen molar-refractivity contribution in [3.8, 4) is 17.0 Å². The van der Waals surface area contributed by atoms with E-state index in [2.05, 4.69) is 63.5 Å². The number of hydrogen-bond acceptors (Lipinski definition) is 6. The second-order valence-electron chi connectivity index (χ2n) is 8.83. The molecule has 1 aromatic carbocycles. The Morgan fingerprint density at radius 2 is 2.00 bits per heavy atom. The van der Waals surface area contributed by atoms with Gasteiger partial charge in [0, 0.05) is 19.7 Å². The lowest BCUT2D eigenvalue weighted by molar-refractivity contribution is 0.120. The van der Waals surface area contributed by atoms with E-state index in [-0.39, 0.29) is 6.10 Å². The molecule has 3 aromatic rings. The van der Waals surface area contributed by atoms with E-state index in [1.54, 1.807) is 6.33 Å². The molecule has 0 amide bonds. The number of anilines is 1. The lowest BCUT2D eigenvalue weighted by Crippen LogP contribution is -2.19. The van der Waals surface area contributed by atoms with Gasteiger partial charge in [0.05, 0.1) is 17.2 Å². The van der Waals surface area contributed by atoms with Gasteiger partial charge in [-0.05, 0) is 81.1 Å². The van der Waals surface area contributed by atoms with Crippen LogP contribution in [0.25, 0.3) is 22.3 Å². The van der Waals surface area contributed by atoms with Crippen molar-refractivity contribution in [1.82, 2.24) is 19.9 Å². The van der Waals surface area contributed by atoms with Gasteiger partial charge in [0.15, 0.2) is 0 Å². The average Bonchev–Trinajstić information content (AvgIpc) is 3.32. The van der Waals surface area contributed by atoms with Gasteiger partial charge in [0.1, 0.15) is 30.1 Å². The van der Waals surface area contributed by atoms with Gasteiger partial charge >= 0.3 is 0 Å². The summed E-state index contributed by atoms with van der Waals surface area (Å²) in [5, 5.41) is 4.67. The number of nitrogens with one attached hydrogen (secondary N) is 2. The first-order valence-corrected chi connectivity index (χ1v) is 11.3. The highest BCUT2D eigenvalue weighted by atomic mass is 16.5. The number of hydrogen-bond donors (Lipinski definition) is 2. The van der Waals surface area contributed by atoms with Crippen LogP contribution in [0.4, 0.5) is 5.82 Å². The van der Waals surface area contributed by atoms with E-state index in [1.807, 2.05) is 0 Å². The normalized spacial score (nSPS) is 18.7. The molecular weight excluding hydrogens is 390 g/mol. The molecule has 1 atom stereocenters. The summed E-state index contributed by atoms with van der Waals surface area (Å²) < 4.78 is 11.6. The van der Waals surface area contributed by atoms with Crippen LogP contribution in [0, 0.1) is 0 Å². The largest absolute Gasteiger partial charge is 0.492 e. The number of rotatable bonds is 9. The maximum absolute atomic E-state index is 5.86. The second kappa shape index (κ2) is 8.85. The van der Waals surface area contributed by atoms with Crippen LogP contribution in [0.15, 0.2) is 30.6 Å². The maximum atomic E-state index is 5.86. The summed E-state index contributed by atoms with van der Waals surface area (Å²) in [6.07, 6.45) is 6.59. The number of benzene rings is 1. The fourth-order valence-electron chi connectivity index (χ4n) is 4.27. The molecule has 2 fully saturated rings. The molecule has 0 spiro atoms. The van der Waals surface area contributed by atoms with E-state index in [1.165, 1.54) is 18.4 Å². The van der Waals surface area contributed by atoms with Crippen molar-refractivity contribution in [2.24, 2.45) is 0 Å². The Hall–Kier alpha value is -2.64. The van der Waals surface area contributed by atoms with Crippen molar-refractivity contribution in [3.05, 3.63) is 36.2 Å². The fourth-order valence-corrected chi connectivity index (χ4v) is 4.27. The van der Waals surface area contributed by atoms with Crippen LogP contribution in [0.3, 0.4) is 0 Å². The van der Waals surface area contributed by atoms with Crippen LogP contribution in [-0.4, -0.2) is 66.4 Å². The summed E-state index contributed by atoms with van der Waals surface area (Å²) in [6.45, 7) is 3.23. The fraction of sp³-hybridized carbons (Fsp3) is 0.500. The number of likely N-dealkylation sites (N-methyl/N-ethyl adjacent to an activating group) is 1. The molecule has 2 aromatic heterocycles. The van der Waals surface area contributed by atoms with E-state index in [0.29, 0.717) is 12.5 Å². The summed E-state index contributed by atoms with van der Waals surface area (Å²) in [6, 6.07) is 8.37. The van der Waals surface area contributed by atoms with Crippen molar-refractivity contribution in [2.75, 3.05) is 45.7 Å². The van der Waals surface area contributed by atoms with E-state index < -0.39 is 0 Å². The minimum Gasteiger partial charge on any atom is -0.492 e. The molecule has 31 heavy (non-hydrogen) atoms. The van der Waals surface area contributed by atoms with Crippen molar-refractivity contribution < 1.29 is 9.47 Å². The first-order chi connectivity index (χ1) is 15.2. The first-order valence-electron chi connectivity index (χ1n) is 11.3. The van der Waals surface area contributed by atoms with E-state index >= 15 is 0 Å². The molecule has 2 N–H and O–H groups in total. The first kappa shape index (κ1) is 20.3. The summed E-state index contributed by atoms with van der Waals surface area (Å²) >= 11 is 0. The monoisotopic (exact) mass is 421 g/mol. The third-order valence-corrected chi connectivity index (χ3v) is 6.09. The summed E-state index contributed by atoms with van der Waals surface area (Å²) in [5.74, 6) is 2.37. The molecule has 2 aliphatic rings. The Morgan fingerprint density at radius 3 is 2.71 bits per heavy atom. The molecule has 5 rings (SSSR count). The lowest BCUT2D eigenvalue weighted by Gasteiger charge is -2.13. The molecule has 0 unspecified atom stereocenters. The molecule has 1 saturated heterocycles. The van der Waals surface area contributed by atoms with Crippen molar-refractivity contribution in [3.63, 3.8) is 0 Å². The zero-order chi connectivity index (χ0) is 21.2. The smallest absolute Gasteiger partial charge is 0.143 e. The average molecular weight is 422 g/mol. The van der Waals surface area contributed by atoms with Gasteiger partial charge in [-0.1, -0.05) is 0 Å². The summed E-state index contributed by atoms with van der Waals surface area (Å²) in [5.41, 5.74) is 4.54. The molecule has 1 saturated carbocycles. The second-order valence-corrected chi connectivity index (χ2v) is 8.83.